The van der Waals surface area contributed by atoms with E-state index in [1.54, 1.807) is 6.26 Å². The van der Waals surface area contributed by atoms with Crippen LogP contribution in [-0.4, -0.2) is 0 Å². The van der Waals surface area contributed by atoms with Crippen LogP contribution in [0.4, 0.5) is 0 Å². The van der Waals surface area contributed by atoms with E-state index in [0.717, 1.165) is 30.2 Å². The van der Waals surface area contributed by atoms with Gasteiger partial charge >= 0.3 is 0 Å². The van der Waals surface area contributed by atoms with Gasteiger partial charge in [0.15, 0.2) is 0 Å². The fourth-order valence-corrected chi connectivity index (χ4v) is 2.13. The molecular weight excluding hydrogens is 246 g/mol. The van der Waals surface area contributed by atoms with Gasteiger partial charge < -0.3 is 9.73 Å². The Morgan fingerprint density at radius 2 is 2.00 bits per heavy atom. The highest BCUT2D eigenvalue weighted by Crippen LogP contribution is 2.21. The first-order valence-electron chi connectivity index (χ1n) is 6.31. The molecule has 0 aliphatic carbocycles. The molecule has 1 unspecified atom stereocenters. The number of hydrogen-bond acceptors (Lipinski definition) is 2. The van der Waals surface area contributed by atoms with Gasteiger partial charge in [-0.3, -0.25) is 0 Å². The first-order valence-corrected chi connectivity index (χ1v) is 6.68. The Labute approximate surface area is 113 Å². The quantitative estimate of drug-likeness (QED) is 0.826. The second-order valence-electron chi connectivity index (χ2n) is 4.35. The van der Waals surface area contributed by atoms with Crippen LogP contribution in [0.15, 0.2) is 47.1 Å². The van der Waals surface area contributed by atoms with E-state index in [9.17, 15) is 0 Å². The molecule has 2 aromatic rings. The minimum Gasteiger partial charge on any atom is -0.468 e. The van der Waals surface area contributed by atoms with Crippen LogP contribution in [0.1, 0.15) is 37.1 Å². The van der Waals surface area contributed by atoms with Gasteiger partial charge in [-0.1, -0.05) is 37.1 Å². The molecule has 1 heterocycles. The summed E-state index contributed by atoms with van der Waals surface area (Å²) in [5.74, 6) is 0.963. The lowest BCUT2D eigenvalue weighted by atomic mass is 10.0. The smallest absolute Gasteiger partial charge is 0.117 e. The summed E-state index contributed by atoms with van der Waals surface area (Å²) in [4.78, 5) is 0. The Morgan fingerprint density at radius 3 is 2.61 bits per heavy atom. The number of furan rings is 1. The van der Waals surface area contributed by atoms with Gasteiger partial charge in [0, 0.05) is 11.1 Å². The first-order chi connectivity index (χ1) is 8.79. The third-order valence-corrected chi connectivity index (χ3v) is 3.20. The van der Waals surface area contributed by atoms with Gasteiger partial charge in [-0.2, -0.15) is 0 Å². The van der Waals surface area contributed by atoms with Crippen LogP contribution in [0.5, 0.6) is 0 Å². The highest BCUT2D eigenvalue weighted by molar-refractivity contribution is 6.30. The van der Waals surface area contributed by atoms with Gasteiger partial charge in [0.05, 0.1) is 12.8 Å². The van der Waals surface area contributed by atoms with Gasteiger partial charge in [0.2, 0.25) is 0 Å². The molecule has 0 saturated carbocycles. The molecule has 2 rings (SSSR count). The van der Waals surface area contributed by atoms with Gasteiger partial charge in [-0.15, -0.1) is 0 Å². The van der Waals surface area contributed by atoms with Crippen LogP contribution in [0.3, 0.4) is 0 Å². The van der Waals surface area contributed by atoms with Crippen molar-refractivity contribution in [3.63, 3.8) is 0 Å². The fraction of sp³-hybridized carbons (Fsp3) is 0.333. The zero-order valence-electron chi connectivity index (χ0n) is 10.5. The van der Waals surface area contributed by atoms with Crippen LogP contribution in [-0.2, 0) is 6.54 Å². The predicted molar refractivity (Wildman–Crippen MR) is 74.6 cm³/mol. The van der Waals surface area contributed by atoms with Crippen LogP contribution < -0.4 is 5.32 Å². The standard InChI is InChI=1S/C15H18ClNO/c1-2-4-15(12-6-8-13(16)9-7-12)17-11-14-5-3-10-18-14/h3,5-10,15,17H,2,4,11H2,1H3. The molecule has 0 bridgehead atoms. The average Bonchev–Trinajstić information content (AvgIpc) is 2.89. The van der Waals surface area contributed by atoms with Crippen molar-refractivity contribution >= 4 is 11.6 Å². The maximum absolute atomic E-state index is 5.92. The molecule has 1 N–H and O–H groups in total. The van der Waals surface area contributed by atoms with Crippen LogP contribution in [0, 0.1) is 0 Å². The monoisotopic (exact) mass is 263 g/mol. The molecule has 1 aromatic heterocycles. The molecule has 2 nitrogen and oxygen atoms in total. The Morgan fingerprint density at radius 1 is 1.22 bits per heavy atom. The Balaban J connectivity index is 2.01. The highest BCUT2D eigenvalue weighted by atomic mass is 35.5. The number of benzene rings is 1. The van der Waals surface area contributed by atoms with E-state index in [4.69, 9.17) is 16.0 Å². The maximum Gasteiger partial charge on any atom is 0.117 e. The average molecular weight is 264 g/mol. The Bertz CT molecular complexity index is 450. The van der Waals surface area contributed by atoms with E-state index < -0.39 is 0 Å². The molecule has 0 radical (unpaired) electrons. The van der Waals surface area contributed by atoms with Crippen molar-refractivity contribution in [2.75, 3.05) is 0 Å². The summed E-state index contributed by atoms with van der Waals surface area (Å²) in [6.07, 6.45) is 3.94. The minimum absolute atomic E-state index is 0.345. The molecule has 96 valence electrons. The lowest BCUT2D eigenvalue weighted by Crippen LogP contribution is -2.20. The molecule has 0 aliphatic rings. The molecule has 0 fully saturated rings. The third-order valence-electron chi connectivity index (χ3n) is 2.95. The topological polar surface area (TPSA) is 25.2 Å². The van der Waals surface area contributed by atoms with Crippen LogP contribution in [0.25, 0.3) is 0 Å². The molecule has 3 heteroatoms. The lowest BCUT2D eigenvalue weighted by Gasteiger charge is -2.18. The van der Waals surface area contributed by atoms with Crippen molar-refractivity contribution in [3.05, 3.63) is 59.0 Å². The summed E-state index contributed by atoms with van der Waals surface area (Å²) in [5.41, 5.74) is 1.27. The van der Waals surface area contributed by atoms with E-state index >= 15 is 0 Å². The summed E-state index contributed by atoms with van der Waals surface area (Å²) < 4.78 is 5.33. The number of nitrogens with one attached hydrogen (secondary N) is 1. The highest BCUT2D eigenvalue weighted by Gasteiger charge is 2.10. The maximum atomic E-state index is 5.92. The first kappa shape index (κ1) is 13.2. The van der Waals surface area contributed by atoms with E-state index in [1.807, 2.05) is 24.3 Å². The van der Waals surface area contributed by atoms with Crippen LogP contribution >= 0.6 is 11.6 Å². The largest absolute Gasteiger partial charge is 0.468 e. The van der Waals surface area contributed by atoms with E-state index in [0.29, 0.717) is 6.04 Å². The molecule has 1 atom stereocenters. The van der Waals surface area contributed by atoms with Crippen molar-refractivity contribution in [2.24, 2.45) is 0 Å². The van der Waals surface area contributed by atoms with E-state index in [2.05, 4.69) is 24.4 Å². The number of hydrogen-bond donors (Lipinski definition) is 1. The normalized spacial score (nSPS) is 12.6. The molecule has 18 heavy (non-hydrogen) atoms. The Kier molecular flexibility index (Phi) is 4.85. The summed E-state index contributed by atoms with van der Waals surface area (Å²) in [7, 11) is 0. The molecule has 1 aromatic carbocycles. The molecular formula is C15H18ClNO. The molecule has 0 aliphatic heterocycles. The van der Waals surface area contributed by atoms with Crippen LogP contribution in [0.2, 0.25) is 5.02 Å². The predicted octanol–water partition coefficient (Wildman–Crippen LogP) is 4.56. The van der Waals surface area contributed by atoms with Gasteiger partial charge in [-0.25, -0.2) is 0 Å². The number of rotatable bonds is 6. The number of halogens is 1. The third kappa shape index (κ3) is 3.62. The van der Waals surface area contributed by atoms with Crippen molar-refractivity contribution < 1.29 is 4.42 Å². The molecule has 0 amide bonds. The summed E-state index contributed by atoms with van der Waals surface area (Å²) in [5, 5.41) is 4.30. The lowest BCUT2D eigenvalue weighted by molar-refractivity contribution is 0.434. The van der Waals surface area contributed by atoms with Gasteiger partial charge in [-0.05, 0) is 36.2 Å². The van der Waals surface area contributed by atoms with E-state index in [-0.39, 0.29) is 0 Å². The van der Waals surface area contributed by atoms with E-state index in [1.165, 1.54) is 5.56 Å². The summed E-state index contributed by atoms with van der Waals surface area (Å²) >= 11 is 5.92. The second kappa shape index (κ2) is 6.62. The van der Waals surface area contributed by atoms with Crippen molar-refractivity contribution in [3.8, 4) is 0 Å². The Hall–Kier alpha value is -1.25. The van der Waals surface area contributed by atoms with Gasteiger partial charge in [0.1, 0.15) is 5.76 Å². The fourth-order valence-electron chi connectivity index (χ4n) is 2.01. The second-order valence-corrected chi connectivity index (χ2v) is 4.79. The minimum atomic E-state index is 0.345. The summed E-state index contributed by atoms with van der Waals surface area (Å²) in [6, 6.07) is 12.3. The van der Waals surface area contributed by atoms with Gasteiger partial charge in [0.25, 0.3) is 0 Å². The molecule has 0 spiro atoms. The van der Waals surface area contributed by atoms with Crippen molar-refractivity contribution in [1.82, 2.24) is 5.32 Å². The summed E-state index contributed by atoms with van der Waals surface area (Å²) in [6.45, 7) is 2.94. The zero-order chi connectivity index (χ0) is 12.8. The zero-order valence-corrected chi connectivity index (χ0v) is 11.3. The van der Waals surface area contributed by atoms with Crippen molar-refractivity contribution in [1.29, 1.82) is 0 Å². The SMILES string of the molecule is CCCC(NCc1ccco1)c1ccc(Cl)cc1. The van der Waals surface area contributed by atoms with Crippen molar-refractivity contribution in [2.45, 2.75) is 32.4 Å². The molecule has 0 saturated heterocycles.